The number of nitrogens with one attached hydrogen (secondary N) is 1. The van der Waals surface area contributed by atoms with Gasteiger partial charge in [-0.1, -0.05) is 12.1 Å². The van der Waals surface area contributed by atoms with Crippen LogP contribution in [0.2, 0.25) is 0 Å². The van der Waals surface area contributed by atoms with E-state index in [1.807, 2.05) is 38.1 Å². The number of hydrogen-bond acceptors (Lipinski definition) is 5. The topological polar surface area (TPSA) is 86.7 Å². The molecule has 164 valence electrons. The number of nitrogens with zero attached hydrogens (tertiary/aromatic N) is 5. The smallest absolute Gasteiger partial charge is 0.283 e. The summed E-state index contributed by atoms with van der Waals surface area (Å²) in [5, 5.41) is 15.7. The Bertz CT molecular complexity index is 1410. The van der Waals surface area contributed by atoms with E-state index in [2.05, 4.69) is 45.6 Å². The molecule has 0 unspecified atom stereocenters. The largest absolute Gasteiger partial charge is 0.318 e. The molecule has 1 aromatic carbocycles. The highest BCUT2D eigenvalue weighted by molar-refractivity contribution is 8.27. The Kier molecular flexibility index (Phi) is 5.09. The Hall–Kier alpha value is -3.78. The number of aromatic nitrogens is 2. The van der Waals surface area contributed by atoms with Crippen LogP contribution in [0.4, 0.5) is 0 Å². The van der Waals surface area contributed by atoms with Gasteiger partial charge in [-0.25, -0.2) is 0 Å². The van der Waals surface area contributed by atoms with Crippen molar-refractivity contribution in [1.82, 2.24) is 14.6 Å². The molecule has 0 fully saturated rings. The summed E-state index contributed by atoms with van der Waals surface area (Å²) >= 11 is 1.27. The number of carbonyl (C=O) groups excluding carboxylic acids is 1. The van der Waals surface area contributed by atoms with Crippen LogP contribution in [-0.2, 0) is 4.79 Å². The van der Waals surface area contributed by atoms with Crippen molar-refractivity contribution in [3.8, 4) is 5.69 Å². The van der Waals surface area contributed by atoms with Crippen molar-refractivity contribution in [3.63, 3.8) is 0 Å². The van der Waals surface area contributed by atoms with Gasteiger partial charge in [0.25, 0.3) is 5.91 Å². The molecule has 0 radical (unpaired) electrons. The SMILES string of the molecule is Cc1cccc(-n2c(C)cc(C=C3C(=N)N4N=C(c5cccnc5)SC4=NC3=O)c2C)c1C. The zero-order chi connectivity index (χ0) is 23.3. The molecular weight excluding hydrogens is 432 g/mol. The predicted molar refractivity (Wildman–Crippen MR) is 133 cm³/mol. The number of benzene rings is 1. The van der Waals surface area contributed by atoms with Gasteiger partial charge in [-0.15, -0.1) is 0 Å². The van der Waals surface area contributed by atoms with E-state index in [-0.39, 0.29) is 11.4 Å². The average Bonchev–Trinajstić information content (AvgIpc) is 3.34. The second-order valence-electron chi connectivity index (χ2n) is 8.05. The van der Waals surface area contributed by atoms with E-state index in [0.29, 0.717) is 10.2 Å². The highest BCUT2D eigenvalue weighted by atomic mass is 32.2. The average molecular weight is 455 g/mol. The van der Waals surface area contributed by atoms with Gasteiger partial charge in [0.2, 0.25) is 5.17 Å². The summed E-state index contributed by atoms with van der Waals surface area (Å²) < 4.78 is 2.19. The number of rotatable bonds is 3. The second kappa shape index (κ2) is 7.97. The lowest BCUT2D eigenvalue weighted by Crippen LogP contribution is -2.35. The number of aryl methyl sites for hydroxylation is 2. The standard InChI is InChI=1S/C25H22N6OS/c1-14-7-5-9-21(16(14)3)30-15(2)11-19(17(30)4)12-20-22(26)31-25(28-23(20)32)33-24(29-31)18-8-6-10-27-13-18/h5-13,26H,1-4H3. The molecule has 1 N–H and O–H groups in total. The molecule has 1 amide bonds. The monoisotopic (exact) mass is 454 g/mol. The number of hydrazone groups is 1. The van der Waals surface area contributed by atoms with E-state index in [0.717, 1.165) is 28.2 Å². The molecule has 33 heavy (non-hydrogen) atoms. The molecule has 2 aromatic heterocycles. The Labute approximate surface area is 196 Å². The Balaban J connectivity index is 1.54. The Morgan fingerprint density at radius 1 is 1.09 bits per heavy atom. The van der Waals surface area contributed by atoms with Crippen molar-refractivity contribution in [1.29, 1.82) is 5.41 Å². The third-order valence-electron chi connectivity index (χ3n) is 5.95. The summed E-state index contributed by atoms with van der Waals surface area (Å²) in [5.41, 5.74) is 7.52. The number of aliphatic imine (C=N–C) groups is 1. The number of amides is 1. The van der Waals surface area contributed by atoms with Crippen molar-refractivity contribution in [2.45, 2.75) is 27.7 Å². The van der Waals surface area contributed by atoms with Crippen LogP contribution in [0.15, 0.2) is 64.5 Å². The van der Waals surface area contributed by atoms with Gasteiger partial charge in [0.15, 0.2) is 5.84 Å². The van der Waals surface area contributed by atoms with Crippen LogP contribution < -0.4 is 0 Å². The fourth-order valence-electron chi connectivity index (χ4n) is 4.04. The minimum absolute atomic E-state index is 0.0212. The summed E-state index contributed by atoms with van der Waals surface area (Å²) in [4.78, 5) is 21.2. The van der Waals surface area contributed by atoms with Gasteiger partial charge in [-0.3, -0.25) is 15.2 Å². The highest BCUT2D eigenvalue weighted by Gasteiger charge is 2.36. The first-order chi connectivity index (χ1) is 15.8. The van der Waals surface area contributed by atoms with E-state index in [1.165, 1.54) is 27.9 Å². The molecule has 0 aliphatic carbocycles. The molecule has 0 bridgehead atoms. The first-order valence-corrected chi connectivity index (χ1v) is 11.3. The van der Waals surface area contributed by atoms with Crippen LogP contribution in [0.3, 0.4) is 0 Å². The number of fused-ring (bicyclic) bond motifs is 1. The van der Waals surface area contributed by atoms with Gasteiger partial charge in [0, 0.05) is 35.0 Å². The van der Waals surface area contributed by atoms with Crippen LogP contribution in [-0.4, -0.2) is 36.5 Å². The minimum Gasteiger partial charge on any atom is -0.318 e. The zero-order valence-corrected chi connectivity index (χ0v) is 19.6. The number of carbonyl (C=O) groups is 1. The fourth-order valence-corrected chi connectivity index (χ4v) is 4.92. The molecular formula is C25H22N6OS. The lowest BCUT2D eigenvalue weighted by Gasteiger charge is -2.20. The Morgan fingerprint density at radius 3 is 2.67 bits per heavy atom. The fraction of sp³-hybridized carbons (Fsp3) is 0.160. The van der Waals surface area contributed by atoms with Gasteiger partial charge in [0.05, 0.1) is 5.57 Å². The quantitative estimate of drug-likeness (QED) is 0.578. The van der Waals surface area contributed by atoms with E-state index >= 15 is 0 Å². The maximum atomic E-state index is 12.9. The van der Waals surface area contributed by atoms with Crippen LogP contribution in [0.5, 0.6) is 0 Å². The third-order valence-corrected chi connectivity index (χ3v) is 6.91. The normalized spacial score (nSPS) is 16.8. The van der Waals surface area contributed by atoms with Crippen molar-refractivity contribution >= 4 is 39.8 Å². The van der Waals surface area contributed by atoms with Gasteiger partial charge in [-0.2, -0.15) is 15.1 Å². The number of amidine groups is 2. The molecule has 4 heterocycles. The summed E-state index contributed by atoms with van der Waals surface area (Å²) in [7, 11) is 0. The van der Waals surface area contributed by atoms with Crippen molar-refractivity contribution in [3.05, 3.63) is 88.0 Å². The first kappa shape index (κ1) is 21.1. The van der Waals surface area contributed by atoms with Gasteiger partial charge >= 0.3 is 0 Å². The summed E-state index contributed by atoms with van der Waals surface area (Å²) in [6, 6.07) is 12.0. The summed E-state index contributed by atoms with van der Waals surface area (Å²) in [6.45, 7) is 8.28. The zero-order valence-electron chi connectivity index (χ0n) is 18.7. The van der Waals surface area contributed by atoms with Gasteiger partial charge in [-0.05, 0) is 86.5 Å². The molecule has 0 saturated carbocycles. The minimum atomic E-state index is -0.432. The van der Waals surface area contributed by atoms with Crippen molar-refractivity contribution in [2.75, 3.05) is 0 Å². The molecule has 8 heteroatoms. The molecule has 3 aromatic rings. The predicted octanol–water partition coefficient (Wildman–Crippen LogP) is 4.77. The third kappa shape index (κ3) is 3.52. The van der Waals surface area contributed by atoms with E-state index in [4.69, 9.17) is 5.41 Å². The molecule has 0 saturated heterocycles. The van der Waals surface area contributed by atoms with E-state index in [9.17, 15) is 4.79 Å². The van der Waals surface area contributed by atoms with Crippen LogP contribution in [0.25, 0.3) is 11.8 Å². The molecule has 0 atom stereocenters. The first-order valence-electron chi connectivity index (χ1n) is 10.5. The number of thioether (sulfide) groups is 1. The molecule has 2 aliphatic rings. The van der Waals surface area contributed by atoms with Gasteiger partial charge in [0.1, 0.15) is 5.04 Å². The van der Waals surface area contributed by atoms with E-state index in [1.54, 1.807) is 18.5 Å². The second-order valence-corrected chi connectivity index (χ2v) is 9.00. The van der Waals surface area contributed by atoms with Crippen LogP contribution >= 0.6 is 11.8 Å². The molecule has 7 nitrogen and oxygen atoms in total. The highest BCUT2D eigenvalue weighted by Crippen LogP contribution is 2.32. The maximum absolute atomic E-state index is 12.9. The lowest BCUT2D eigenvalue weighted by atomic mass is 10.1. The molecule has 5 rings (SSSR count). The van der Waals surface area contributed by atoms with E-state index < -0.39 is 5.91 Å². The van der Waals surface area contributed by atoms with Crippen LogP contribution in [0, 0.1) is 33.1 Å². The van der Waals surface area contributed by atoms with Crippen LogP contribution in [0.1, 0.15) is 33.6 Å². The Morgan fingerprint density at radius 2 is 1.91 bits per heavy atom. The lowest BCUT2D eigenvalue weighted by molar-refractivity contribution is -0.114. The summed E-state index contributed by atoms with van der Waals surface area (Å²) in [6.07, 6.45) is 5.14. The number of hydrogen-bond donors (Lipinski definition) is 1. The number of pyridine rings is 1. The molecule has 2 aliphatic heterocycles. The molecule has 0 spiro atoms. The van der Waals surface area contributed by atoms with Crippen molar-refractivity contribution in [2.24, 2.45) is 10.1 Å². The summed E-state index contributed by atoms with van der Waals surface area (Å²) in [5.74, 6) is -0.411. The van der Waals surface area contributed by atoms with Gasteiger partial charge < -0.3 is 4.57 Å². The van der Waals surface area contributed by atoms with Crippen molar-refractivity contribution < 1.29 is 4.79 Å². The maximum Gasteiger partial charge on any atom is 0.283 e.